The van der Waals surface area contributed by atoms with Crippen molar-refractivity contribution in [3.05, 3.63) is 23.9 Å². The van der Waals surface area contributed by atoms with E-state index in [1.165, 1.54) is 0 Å². The summed E-state index contributed by atoms with van der Waals surface area (Å²) in [6.45, 7) is 6.70. The van der Waals surface area contributed by atoms with Gasteiger partial charge in [-0.1, -0.05) is 0 Å². The van der Waals surface area contributed by atoms with Crippen LogP contribution in [-0.4, -0.2) is 35.9 Å². The molecule has 1 atom stereocenters. The minimum atomic E-state index is -0.566. The highest BCUT2D eigenvalue weighted by Gasteiger charge is 2.16. The molecule has 2 amide bonds. The Morgan fingerprint density at radius 3 is 2.68 bits per heavy atom. The summed E-state index contributed by atoms with van der Waals surface area (Å²) in [5, 5.41) is 8.33. The maximum Gasteiger partial charge on any atom is 0.252 e. The molecule has 0 aliphatic carbocycles. The van der Waals surface area contributed by atoms with Gasteiger partial charge < -0.3 is 16.0 Å². The van der Waals surface area contributed by atoms with Crippen molar-refractivity contribution >= 4 is 17.6 Å². The molecule has 1 heterocycles. The third-order valence-electron chi connectivity index (χ3n) is 2.47. The molecule has 6 nitrogen and oxygen atoms in total. The monoisotopic (exact) mass is 264 g/mol. The molecule has 1 rings (SSSR count). The average Bonchev–Trinajstić information content (AvgIpc) is 2.39. The lowest BCUT2D eigenvalue weighted by molar-refractivity contribution is -0.122. The van der Waals surface area contributed by atoms with Gasteiger partial charge in [-0.05, 0) is 32.9 Å². The Morgan fingerprint density at radius 1 is 1.32 bits per heavy atom. The van der Waals surface area contributed by atoms with Crippen molar-refractivity contribution in [1.29, 1.82) is 0 Å². The number of nitrogens with zero attached hydrogens (tertiary/aromatic N) is 1. The minimum Gasteiger partial charge on any atom is -0.370 e. The zero-order valence-corrected chi connectivity index (χ0v) is 11.5. The number of carbonyl (C=O) groups is 2. The summed E-state index contributed by atoms with van der Waals surface area (Å²) in [6.07, 6.45) is 1.56. The van der Waals surface area contributed by atoms with Crippen molar-refractivity contribution in [2.24, 2.45) is 0 Å². The SMILES string of the molecule is CCNC(=O)C(C)NC(=O)c1ccnc(NCC)c1. The largest absolute Gasteiger partial charge is 0.370 e. The van der Waals surface area contributed by atoms with E-state index in [2.05, 4.69) is 20.9 Å². The molecule has 0 saturated heterocycles. The lowest BCUT2D eigenvalue weighted by Gasteiger charge is -2.13. The van der Waals surface area contributed by atoms with E-state index < -0.39 is 6.04 Å². The number of hydrogen-bond acceptors (Lipinski definition) is 4. The minimum absolute atomic E-state index is 0.197. The van der Waals surface area contributed by atoms with Crippen molar-refractivity contribution in [2.75, 3.05) is 18.4 Å². The van der Waals surface area contributed by atoms with Crippen molar-refractivity contribution in [1.82, 2.24) is 15.6 Å². The first kappa shape index (κ1) is 14.9. The first-order chi connectivity index (χ1) is 9.08. The maximum atomic E-state index is 12.0. The predicted molar refractivity (Wildman–Crippen MR) is 74.0 cm³/mol. The van der Waals surface area contributed by atoms with Crippen molar-refractivity contribution in [2.45, 2.75) is 26.8 Å². The van der Waals surface area contributed by atoms with Crippen LogP contribution < -0.4 is 16.0 Å². The van der Waals surface area contributed by atoms with Gasteiger partial charge in [0.05, 0.1) is 0 Å². The van der Waals surface area contributed by atoms with Crippen molar-refractivity contribution < 1.29 is 9.59 Å². The molecule has 3 N–H and O–H groups in total. The molecular formula is C13H20N4O2. The average molecular weight is 264 g/mol. The van der Waals surface area contributed by atoms with Crippen LogP contribution in [0.15, 0.2) is 18.3 Å². The molecule has 1 unspecified atom stereocenters. The summed E-state index contributed by atoms with van der Waals surface area (Å²) in [7, 11) is 0. The number of likely N-dealkylation sites (N-methyl/N-ethyl adjacent to an activating group) is 1. The maximum absolute atomic E-state index is 12.0. The van der Waals surface area contributed by atoms with Crippen LogP contribution in [0.1, 0.15) is 31.1 Å². The van der Waals surface area contributed by atoms with Gasteiger partial charge in [-0.25, -0.2) is 4.98 Å². The predicted octanol–water partition coefficient (Wildman–Crippen LogP) is 0.768. The molecule has 0 saturated carbocycles. The van der Waals surface area contributed by atoms with E-state index in [1.807, 2.05) is 13.8 Å². The Kier molecular flexibility index (Phi) is 5.78. The number of hydrogen-bond donors (Lipinski definition) is 3. The third-order valence-corrected chi connectivity index (χ3v) is 2.47. The molecule has 19 heavy (non-hydrogen) atoms. The van der Waals surface area contributed by atoms with Gasteiger partial charge in [-0.3, -0.25) is 9.59 Å². The number of nitrogens with one attached hydrogen (secondary N) is 3. The number of anilines is 1. The Bertz CT molecular complexity index is 448. The standard InChI is InChI=1S/C13H20N4O2/c1-4-14-11-8-10(6-7-16-11)13(19)17-9(3)12(18)15-5-2/h6-9H,4-5H2,1-3H3,(H,14,16)(H,15,18)(H,17,19). The van der Waals surface area contributed by atoms with Gasteiger partial charge in [0, 0.05) is 24.8 Å². The van der Waals surface area contributed by atoms with E-state index in [0.29, 0.717) is 17.9 Å². The second-order valence-electron chi connectivity index (χ2n) is 4.05. The van der Waals surface area contributed by atoms with Gasteiger partial charge in [0.2, 0.25) is 5.91 Å². The van der Waals surface area contributed by atoms with Gasteiger partial charge in [-0.15, -0.1) is 0 Å². The molecule has 6 heteroatoms. The summed E-state index contributed by atoms with van der Waals surface area (Å²) in [6, 6.07) is 2.70. The van der Waals surface area contributed by atoms with E-state index in [4.69, 9.17) is 0 Å². The van der Waals surface area contributed by atoms with E-state index in [9.17, 15) is 9.59 Å². The first-order valence-corrected chi connectivity index (χ1v) is 6.37. The smallest absolute Gasteiger partial charge is 0.252 e. The zero-order valence-electron chi connectivity index (χ0n) is 11.5. The molecule has 0 aromatic carbocycles. The highest BCUT2D eigenvalue weighted by molar-refractivity contribution is 5.97. The summed E-state index contributed by atoms with van der Waals surface area (Å²) >= 11 is 0. The lowest BCUT2D eigenvalue weighted by Crippen LogP contribution is -2.44. The van der Waals surface area contributed by atoms with Gasteiger partial charge in [-0.2, -0.15) is 0 Å². The second-order valence-corrected chi connectivity index (χ2v) is 4.05. The van der Waals surface area contributed by atoms with Gasteiger partial charge >= 0.3 is 0 Å². The number of aromatic nitrogens is 1. The quantitative estimate of drug-likeness (QED) is 0.708. The molecule has 1 aromatic heterocycles. The third kappa shape index (κ3) is 4.57. The molecule has 0 aliphatic heterocycles. The summed E-state index contributed by atoms with van der Waals surface area (Å²) in [5.41, 5.74) is 0.474. The van der Waals surface area contributed by atoms with Gasteiger partial charge in [0.1, 0.15) is 11.9 Å². The fraction of sp³-hybridized carbons (Fsp3) is 0.462. The van der Waals surface area contributed by atoms with Gasteiger partial charge in [0.25, 0.3) is 5.91 Å². The number of amides is 2. The summed E-state index contributed by atoms with van der Waals surface area (Å²) in [4.78, 5) is 27.6. The van der Waals surface area contributed by atoms with Crippen LogP contribution in [0.2, 0.25) is 0 Å². The normalized spacial score (nSPS) is 11.5. The van der Waals surface area contributed by atoms with E-state index in [0.717, 1.165) is 6.54 Å². The molecule has 0 spiro atoms. The molecular weight excluding hydrogens is 244 g/mol. The van der Waals surface area contributed by atoms with E-state index in [-0.39, 0.29) is 11.8 Å². The van der Waals surface area contributed by atoms with Crippen LogP contribution in [0.25, 0.3) is 0 Å². The first-order valence-electron chi connectivity index (χ1n) is 6.37. The van der Waals surface area contributed by atoms with Crippen LogP contribution in [-0.2, 0) is 4.79 Å². The van der Waals surface area contributed by atoms with Crippen LogP contribution in [0.4, 0.5) is 5.82 Å². The zero-order chi connectivity index (χ0) is 14.3. The fourth-order valence-electron chi connectivity index (χ4n) is 1.52. The van der Waals surface area contributed by atoms with Crippen LogP contribution in [0, 0.1) is 0 Å². The molecule has 104 valence electrons. The molecule has 0 fully saturated rings. The summed E-state index contributed by atoms with van der Waals surface area (Å²) < 4.78 is 0. The van der Waals surface area contributed by atoms with Crippen molar-refractivity contribution in [3.63, 3.8) is 0 Å². The number of pyridine rings is 1. The van der Waals surface area contributed by atoms with Crippen LogP contribution in [0.3, 0.4) is 0 Å². The number of carbonyl (C=O) groups excluding carboxylic acids is 2. The molecule has 1 aromatic rings. The Balaban J connectivity index is 2.67. The lowest BCUT2D eigenvalue weighted by atomic mass is 10.2. The van der Waals surface area contributed by atoms with E-state index >= 15 is 0 Å². The summed E-state index contributed by atoms with van der Waals surface area (Å²) in [5.74, 6) is 0.151. The van der Waals surface area contributed by atoms with Crippen molar-refractivity contribution in [3.8, 4) is 0 Å². The Hall–Kier alpha value is -2.11. The Labute approximate surface area is 113 Å². The molecule has 0 bridgehead atoms. The topological polar surface area (TPSA) is 83.1 Å². The van der Waals surface area contributed by atoms with E-state index in [1.54, 1.807) is 25.3 Å². The highest BCUT2D eigenvalue weighted by atomic mass is 16.2. The number of rotatable bonds is 6. The molecule has 0 radical (unpaired) electrons. The van der Waals surface area contributed by atoms with Crippen LogP contribution >= 0.6 is 0 Å². The van der Waals surface area contributed by atoms with Crippen LogP contribution in [0.5, 0.6) is 0 Å². The second kappa shape index (κ2) is 7.35. The fourth-order valence-corrected chi connectivity index (χ4v) is 1.52. The van der Waals surface area contributed by atoms with Gasteiger partial charge in [0.15, 0.2) is 0 Å². The molecule has 0 aliphatic rings. The Morgan fingerprint density at radius 2 is 2.05 bits per heavy atom. The highest BCUT2D eigenvalue weighted by Crippen LogP contribution is 2.06.